The van der Waals surface area contributed by atoms with Gasteiger partial charge in [0.2, 0.25) is 0 Å². The lowest BCUT2D eigenvalue weighted by Crippen LogP contribution is -2.30. The number of ether oxygens (including phenoxy) is 1. The normalized spacial score (nSPS) is 15.6. The largest absolute Gasteiger partial charge is 0.496 e. The van der Waals surface area contributed by atoms with Crippen molar-refractivity contribution in [1.82, 2.24) is 10.2 Å². The molecule has 2 aromatic carbocycles. The summed E-state index contributed by atoms with van der Waals surface area (Å²) in [5, 5.41) is 3.23. The number of carbonyl (C=O) groups is 2. The second kappa shape index (κ2) is 7.45. The summed E-state index contributed by atoms with van der Waals surface area (Å²) < 4.78 is 6.14. The van der Waals surface area contributed by atoms with E-state index in [0.717, 1.165) is 20.4 Å². The first-order valence-corrected chi connectivity index (χ1v) is 8.86. The van der Waals surface area contributed by atoms with Crippen molar-refractivity contribution in [3.63, 3.8) is 0 Å². The van der Waals surface area contributed by atoms with E-state index in [1.807, 2.05) is 18.2 Å². The molecule has 1 aliphatic rings. The predicted octanol–water partition coefficient (Wildman–Crippen LogP) is 4.05. The molecule has 3 rings (SSSR count). The van der Waals surface area contributed by atoms with Crippen molar-refractivity contribution in [3.05, 3.63) is 67.9 Å². The molecule has 1 saturated heterocycles. The van der Waals surface area contributed by atoms with Gasteiger partial charge in [0, 0.05) is 5.02 Å². The molecule has 0 atom stereocenters. The van der Waals surface area contributed by atoms with Gasteiger partial charge in [-0.1, -0.05) is 29.8 Å². The molecule has 1 heterocycles. The van der Waals surface area contributed by atoms with Crippen LogP contribution in [0, 0.1) is 3.57 Å². The number of benzene rings is 2. The highest BCUT2D eigenvalue weighted by Crippen LogP contribution is 2.24. The summed E-state index contributed by atoms with van der Waals surface area (Å²) in [6.45, 7) is 0.194. The lowest BCUT2D eigenvalue weighted by atomic mass is 10.1. The lowest BCUT2D eigenvalue weighted by molar-refractivity contribution is -0.123. The highest BCUT2D eigenvalue weighted by molar-refractivity contribution is 14.1. The van der Waals surface area contributed by atoms with E-state index in [4.69, 9.17) is 16.3 Å². The number of methoxy groups -OCH3 is 1. The van der Waals surface area contributed by atoms with Gasteiger partial charge in [-0.15, -0.1) is 0 Å². The van der Waals surface area contributed by atoms with Gasteiger partial charge in [-0.3, -0.25) is 9.69 Å². The Bertz CT molecular complexity index is 865. The van der Waals surface area contributed by atoms with Gasteiger partial charge in [0.15, 0.2) is 0 Å². The number of nitrogens with zero attached hydrogens (tertiary/aromatic N) is 1. The van der Waals surface area contributed by atoms with Crippen LogP contribution in [-0.2, 0) is 11.3 Å². The first kappa shape index (κ1) is 17.8. The fraction of sp³-hybridized carbons (Fsp3) is 0.111. The number of nitrogens with one attached hydrogen (secondary N) is 1. The Morgan fingerprint density at radius 3 is 2.56 bits per heavy atom. The lowest BCUT2D eigenvalue weighted by Gasteiger charge is -2.11. The molecule has 0 aromatic heterocycles. The Morgan fingerprint density at radius 1 is 1.20 bits per heavy atom. The summed E-state index contributed by atoms with van der Waals surface area (Å²) in [5.41, 5.74) is 1.88. The Labute approximate surface area is 163 Å². The van der Waals surface area contributed by atoms with Crippen LogP contribution in [0.4, 0.5) is 4.79 Å². The molecule has 3 amide bonds. The molecule has 2 aromatic rings. The number of rotatable bonds is 4. The van der Waals surface area contributed by atoms with E-state index in [0.29, 0.717) is 5.02 Å². The number of amides is 3. The van der Waals surface area contributed by atoms with Crippen LogP contribution in [0.15, 0.2) is 48.2 Å². The summed E-state index contributed by atoms with van der Waals surface area (Å²) >= 11 is 8.01. The van der Waals surface area contributed by atoms with E-state index < -0.39 is 6.03 Å². The van der Waals surface area contributed by atoms with Crippen LogP contribution in [0.3, 0.4) is 0 Å². The minimum atomic E-state index is -0.436. The molecule has 7 heteroatoms. The quantitative estimate of drug-likeness (QED) is 0.418. The van der Waals surface area contributed by atoms with Gasteiger partial charge in [-0.05, 0) is 64.1 Å². The maximum absolute atomic E-state index is 12.5. The van der Waals surface area contributed by atoms with Gasteiger partial charge in [0.1, 0.15) is 11.4 Å². The van der Waals surface area contributed by atoms with Crippen molar-refractivity contribution in [2.45, 2.75) is 6.54 Å². The van der Waals surface area contributed by atoms with E-state index in [2.05, 4.69) is 27.9 Å². The van der Waals surface area contributed by atoms with E-state index in [-0.39, 0.29) is 18.1 Å². The first-order chi connectivity index (χ1) is 12.0. The van der Waals surface area contributed by atoms with Gasteiger partial charge in [-0.25, -0.2) is 4.79 Å². The van der Waals surface area contributed by atoms with E-state index in [9.17, 15) is 9.59 Å². The summed E-state index contributed by atoms with van der Waals surface area (Å²) in [4.78, 5) is 25.8. The van der Waals surface area contributed by atoms with Crippen molar-refractivity contribution in [3.8, 4) is 5.75 Å². The minimum absolute atomic E-state index is 0.194. The average molecular weight is 469 g/mol. The molecule has 25 heavy (non-hydrogen) atoms. The van der Waals surface area contributed by atoms with Gasteiger partial charge in [0.05, 0.1) is 17.2 Å². The van der Waals surface area contributed by atoms with Crippen molar-refractivity contribution in [1.29, 1.82) is 0 Å². The fourth-order valence-corrected chi connectivity index (χ4v) is 3.31. The molecule has 0 unspecified atom stereocenters. The SMILES string of the molecule is COc1ccc(/C=C2\NC(=O)N(Cc3ccc(Cl)cc3)C2=O)cc1I. The maximum Gasteiger partial charge on any atom is 0.329 e. The molecule has 0 saturated carbocycles. The zero-order chi connectivity index (χ0) is 18.0. The third-order valence-electron chi connectivity index (χ3n) is 3.70. The third-order valence-corrected chi connectivity index (χ3v) is 4.80. The van der Waals surface area contributed by atoms with Crippen LogP contribution in [0.5, 0.6) is 5.75 Å². The molecule has 1 N–H and O–H groups in total. The number of hydrogen-bond acceptors (Lipinski definition) is 3. The molecule has 0 bridgehead atoms. The molecule has 128 valence electrons. The number of carbonyl (C=O) groups excluding carboxylic acids is 2. The molecule has 0 radical (unpaired) electrons. The zero-order valence-electron chi connectivity index (χ0n) is 13.3. The number of halogens is 2. The van der Waals surface area contributed by atoms with Crippen LogP contribution in [0.1, 0.15) is 11.1 Å². The van der Waals surface area contributed by atoms with Crippen molar-refractivity contribution < 1.29 is 14.3 Å². The molecule has 5 nitrogen and oxygen atoms in total. The summed E-state index contributed by atoms with van der Waals surface area (Å²) in [6.07, 6.45) is 1.66. The topological polar surface area (TPSA) is 58.6 Å². The van der Waals surface area contributed by atoms with Gasteiger partial charge in [-0.2, -0.15) is 0 Å². The van der Waals surface area contributed by atoms with Crippen LogP contribution in [0.25, 0.3) is 6.08 Å². The fourth-order valence-electron chi connectivity index (χ4n) is 2.43. The summed E-state index contributed by atoms with van der Waals surface area (Å²) in [5.74, 6) is 0.402. The molecular formula is C18H14ClIN2O3. The van der Waals surface area contributed by atoms with Crippen LogP contribution < -0.4 is 10.1 Å². The van der Waals surface area contributed by atoms with Crippen molar-refractivity contribution in [2.75, 3.05) is 7.11 Å². The molecule has 0 spiro atoms. The van der Waals surface area contributed by atoms with Crippen LogP contribution >= 0.6 is 34.2 Å². The van der Waals surface area contributed by atoms with Gasteiger partial charge >= 0.3 is 6.03 Å². The molecule has 1 aliphatic heterocycles. The van der Waals surface area contributed by atoms with Crippen molar-refractivity contribution in [2.24, 2.45) is 0 Å². The summed E-state index contributed by atoms with van der Waals surface area (Å²) in [7, 11) is 1.60. The van der Waals surface area contributed by atoms with Gasteiger partial charge in [0.25, 0.3) is 5.91 Å². The first-order valence-electron chi connectivity index (χ1n) is 7.40. The van der Waals surface area contributed by atoms with Gasteiger partial charge < -0.3 is 10.1 Å². The molecular weight excluding hydrogens is 455 g/mol. The molecule has 0 aliphatic carbocycles. The Kier molecular flexibility index (Phi) is 5.29. The monoisotopic (exact) mass is 468 g/mol. The maximum atomic E-state index is 12.5. The molecule has 1 fully saturated rings. The van der Waals surface area contributed by atoms with E-state index in [1.165, 1.54) is 4.90 Å². The third kappa shape index (κ3) is 3.96. The highest BCUT2D eigenvalue weighted by atomic mass is 127. The highest BCUT2D eigenvalue weighted by Gasteiger charge is 2.33. The van der Waals surface area contributed by atoms with Crippen LogP contribution in [0.2, 0.25) is 5.02 Å². The standard InChI is InChI=1S/C18H14ClIN2O3/c1-25-16-7-4-12(8-14(16)20)9-15-17(23)22(18(24)21-15)10-11-2-5-13(19)6-3-11/h2-9H,10H2,1H3,(H,21,24)/b15-9-. The smallest absolute Gasteiger partial charge is 0.329 e. The van der Waals surface area contributed by atoms with Crippen molar-refractivity contribution >= 4 is 52.2 Å². The predicted molar refractivity (Wildman–Crippen MR) is 104 cm³/mol. The zero-order valence-corrected chi connectivity index (χ0v) is 16.2. The Balaban J connectivity index is 1.80. The Hall–Kier alpha value is -2.06. The van der Waals surface area contributed by atoms with Crippen LogP contribution in [-0.4, -0.2) is 23.9 Å². The number of urea groups is 1. The second-order valence-corrected chi connectivity index (χ2v) is 7.00. The Morgan fingerprint density at radius 2 is 1.92 bits per heavy atom. The minimum Gasteiger partial charge on any atom is -0.496 e. The number of imide groups is 1. The summed E-state index contributed by atoms with van der Waals surface area (Å²) in [6, 6.07) is 12.1. The average Bonchev–Trinajstić information content (AvgIpc) is 2.84. The second-order valence-electron chi connectivity index (χ2n) is 5.40. The van der Waals surface area contributed by atoms with E-state index >= 15 is 0 Å². The van der Waals surface area contributed by atoms with E-state index in [1.54, 1.807) is 37.5 Å². The number of hydrogen-bond donors (Lipinski definition) is 1.